The maximum absolute atomic E-state index is 12.0. The lowest BCUT2D eigenvalue weighted by atomic mass is 10.1. The largest absolute Gasteiger partial charge is 0.474 e. The molecule has 1 aliphatic heterocycles. The van der Waals surface area contributed by atoms with Crippen LogP contribution in [0, 0.1) is 0 Å². The maximum Gasteiger partial charge on any atom is 0.270 e. The lowest BCUT2D eigenvalue weighted by molar-refractivity contribution is -0.123. The molecule has 0 unspecified atom stereocenters. The molecule has 90 valence electrons. The van der Waals surface area contributed by atoms with Crippen molar-refractivity contribution in [3.8, 4) is 5.75 Å². The SMILES string of the molecule is Nc1ccc2c(c1)NC(=O)[C@@H](c1ccccc1)O2. The fraction of sp³-hybridized carbons (Fsp3) is 0.0714. The van der Waals surface area contributed by atoms with Crippen LogP contribution in [0.15, 0.2) is 48.5 Å². The first-order valence-electron chi connectivity index (χ1n) is 5.66. The summed E-state index contributed by atoms with van der Waals surface area (Å²) in [6, 6.07) is 14.6. The standard InChI is InChI=1S/C14H12N2O2/c15-10-6-7-12-11(8-10)16-14(17)13(18-12)9-4-2-1-3-5-9/h1-8,13H,15H2,(H,16,17)/t13-/m1/s1. The van der Waals surface area contributed by atoms with Gasteiger partial charge in [0.25, 0.3) is 5.91 Å². The van der Waals surface area contributed by atoms with E-state index in [1.54, 1.807) is 18.2 Å². The van der Waals surface area contributed by atoms with Crippen LogP contribution >= 0.6 is 0 Å². The van der Waals surface area contributed by atoms with Crippen molar-refractivity contribution < 1.29 is 9.53 Å². The van der Waals surface area contributed by atoms with Crippen LogP contribution in [0.3, 0.4) is 0 Å². The molecule has 0 radical (unpaired) electrons. The number of nitrogens with one attached hydrogen (secondary N) is 1. The molecule has 3 rings (SSSR count). The van der Waals surface area contributed by atoms with Crippen LogP contribution in [0.5, 0.6) is 5.75 Å². The van der Waals surface area contributed by atoms with Gasteiger partial charge in [0.1, 0.15) is 5.75 Å². The summed E-state index contributed by atoms with van der Waals surface area (Å²) in [5, 5.41) is 2.81. The molecule has 1 atom stereocenters. The van der Waals surface area contributed by atoms with Gasteiger partial charge in [-0.05, 0) is 18.2 Å². The van der Waals surface area contributed by atoms with Crippen molar-refractivity contribution >= 4 is 17.3 Å². The van der Waals surface area contributed by atoms with Crippen molar-refractivity contribution in [3.05, 3.63) is 54.1 Å². The molecule has 1 heterocycles. The second-order valence-corrected chi connectivity index (χ2v) is 4.15. The summed E-state index contributed by atoms with van der Waals surface area (Å²) < 4.78 is 5.72. The molecule has 0 aliphatic carbocycles. The minimum Gasteiger partial charge on any atom is -0.474 e. The van der Waals surface area contributed by atoms with Crippen molar-refractivity contribution in [1.29, 1.82) is 0 Å². The number of hydrogen-bond donors (Lipinski definition) is 2. The number of carbonyl (C=O) groups is 1. The predicted octanol–water partition coefficient (Wildman–Crippen LogP) is 2.34. The highest BCUT2D eigenvalue weighted by Crippen LogP contribution is 2.35. The van der Waals surface area contributed by atoms with Crippen molar-refractivity contribution in [2.45, 2.75) is 6.10 Å². The van der Waals surface area contributed by atoms with Gasteiger partial charge in [0.05, 0.1) is 5.69 Å². The van der Waals surface area contributed by atoms with Gasteiger partial charge in [-0.1, -0.05) is 30.3 Å². The van der Waals surface area contributed by atoms with E-state index in [0.717, 1.165) is 5.56 Å². The number of anilines is 2. The number of hydrogen-bond acceptors (Lipinski definition) is 3. The van der Waals surface area contributed by atoms with Gasteiger partial charge in [-0.15, -0.1) is 0 Å². The molecule has 4 heteroatoms. The summed E-state index contributed by atoms with van der Waals surface area (Å²) in [5.74, 6) is 0.456. The number of amides is 1. The molecule has 1 amide bonds. The molecule has 3 N–H and O–H groups in total. The molecule has 2 aromatic carbocycles. The predicted molar refractivity (Wildman–Crippen MR) is 69.3 cm³/mol. The van der Waals surface area contributed by atoms with E-state index in [0.29, 0.717) is 17.1 Å². The van der Waals surface area contributed by atoms with Gasteiger partial charge in [0.15, 0.2) is 0 Å². The molecule has 1 aliphatic rings. The first kappa shape index (κ1) is 10.7. The number of carbonyl (C=O) groups excluding carboxylic acids is 1. The van der Waals surface area contributed by atoms with Gasteiger partial charge >= 0.3 is 0 Å². The highest BCUT2D eigenvalue weighted by molar-refractivity contribution is 5.98. The zero-order valence-electron chi connectivity index (χ0n) is 9.59. The quantitative estimate of drug-likeness (QED) is 0.752. The van der Waals surface area contributed by atoms with E-state index in [2.05, 4.69) is 5.32 Å². The fourth-order valence-electron chi connectivity index (χ4n) is 1.97. The summed E-state index contributed by atoms with van der Waals surface area (Å²) in [5.41, 5.74) is 7.71. The highest BCUT2D eigenvalue weighted by atomic mass is 16.5. The Hall–Kier alpha value is -2.49. The Kier molecular flexibility index (Phi) is 2.41. The highest BCUT2D eigenvalue weighted by Gasteiger charge is 2.28. The minimum atomic E-state index is -0.609. The second-order valence-electron chi connectivity index (χ2n) is 4.15. The van der Waals surface area contributed by atoms with E-state index in [-0.39, 0.29) is 5.91 Å². The third-order valence-electron chi connectivity index (χ3n) is 2.85. The van der Waals surface area contributed by atoms with Crippen molar-refractivity contribution in [1.82, 2.24) is 0 Å². The first-order chi connectivity index (χ1) is 8.74. The molecule has 0 aromatic heterocycles. The summed E-state index contributed by atoms with van der Waals surface area (Å²) in [6.07, 6.45) is -0.609. The smallest absolute Gasteiger partial charge is 0.270 e. The molecule has 0 bridgehead atoms. The number of fused-ring (bicyclic) bond motifs is 1. The Morgan fingerprint density at radius 1 is 1.11 bits per heavy atom. The number of nitrogens with two attached hydrogens (primary N) is 1. The van der Waals surface area contributed by atoms with Crippen molar-refractivity contribution in [2.24, 2.45) is 0 Å². The van der Waals surface area contributed by atoms with Crippen LogP contribution in [0.2, 0.25) is 0 Å². The summed E-state index contributed by atoms with van der Waals surface area (Å²) in [7, 11) is 0. The van der Waals surface area contributed by atoms with E-state index < -0.39 is 6.10 Å². The third-order valence-corrected chi connectivity index (χ3v) is 2.85. The van der Waals surface area contributed by atoms with Crippen LogP contribution in [0.1, 0.15) is 11.7 Å². The summed E-state index contributed by atoms with van der Waals surface area (Å²) in [4.78, 5) is 12.0. The van der Waals surface area contributed by atoms with E-state index >= 15 is 0 Å². The normalized spacial score (nSPS) is 17.6. The number of rotatable bonds is 1. The molecule has 0 saturated heterocycles. The van der Waals surface area contributed by atoms with Gasteiger partial charge in [0, 0.05) is 11.3 Å². The van der Waals surface area contributed by atoms with Crippen molar-refractivity contribution in [2.75, 3.05) is 11.1 Å². The molecule has 18 heavy (non-hydrogen) atoms. The van der Waals surface area contributed by atoms with Gasteiger partial charge < -0.3 is 15.8 Å². The monoisotopic (exact) mass is 240 g/mol. The zero-order chi connectivity index (χ0) is 12.5. The lowest BCUT2D eigenvalue weighted by Crippen LogP contribution is -2.30. The summed E-state index contributed by atoms with van der Waals surface area (Å²) in [6.45, 7) is 0. The topological polar surface area (TPSA) is 64.3 Å². The third kappa shape index (κ3) is 1.78. The molecule has 2 aromatic rings. The van der Waals surface area contributed by atoms with Crippen LogP contribution in [-0.2, 0) is 4.79 Å². The minimum absolute atomic E-state index is 0.181. The number of benzene rings is 2. The second kappa shape index (κ2) is 4.07. The van der Waals surface area contributed by atoms with E-state index in [9.17, 15) is 4.79 Å². The van der Waals surface area contributed by atoms with Crippen LogP contribution in [-0.4, -0.2) is 5.91 Å². The Balaban J connectivity index is 1.97. The summed E-state index contributed by atoms with van der Waals surface area (Å²) >= 11 is 0. The van der Waals surface area contributed by atoms with Crippen LogP contribution in [0.25, 0.3) is 0 Å². The molecule has 4 nitrogen and oxygen atoms in total. The molecule has 0 spiro atoms. The Morgan fingerprint density at radius 3 is 2.67 bits per heavy atom. The molecule has 0 fully saturated rings. The zero-order valence-corrected chi connectivity index (χ0v) is 9.59. The van der Waals surface area contributed by atoms with E-state index in [1.165, 1.54) is 0 Å². The fourth-order valence-corrected chi connectivity index (χ4v) is 1.97. The lowest BCUT2D eigenvalue weighted by Gasteiger charge is -2.26. The van der Waals surface area contributed by atoms with E-state index in [4.69, 9.17) is 10.5 Å². The molecular weight excluding hydrogens is 228 g/mol. The van der Waals surface area contributed by atoms with Gasteiger partial charge in [-0.25, -0.2) is 0 Å². The average Bonchev–Trinajstić information content (AvgIpc) is 2.39. The van der Waals surface area contributed by atoms with Crippen molar-refractivity contribution in [3.63, 3.8) is 0 Å². The number of ether oxygens (including phenoxy) is 1. The van der Waals surface area contributed by atoms with Gasteiger partial charge in [-0.2, -0.15) is 0 Å². The maximum atomic E-state index is 12.0. The molecule has 0 saturated carbocycles. The van der Waals surface area contributed by atoms with Gasteiger partial charge in [-0.3, -0.25) is 4.79 Å². The Labute approximate surface area is 104 Å². The van der Waals surface area contributed by atoms with Gasteiger partial charge in [0.2, 0.25) is 6.10 Å². The van der Waals surface area contributed by atoms with Crippen LogP contribution in [0.4, 0.5) is 11.4 Å². The Bertz CT molecular complexity index is 596. The average molecular weight is 240 g/mol. The first-order valence-corrected chi connectivity index (χ1v) is 5.66. The van der Waals surface area contributed by atoms with Crippen LogP contribution < -0.4 is 15.8 Å². The van der Waals surface area contributed by atoms with E-state index in [1.807, 2.05) is 30.3 Å². The number of nitrogen functional groups attached to an aromatic ring is 1. The Morgan fingerprint density at radius 2 is 1.89 bits per heavy atom. The molecular formula is C14H12N2O2.